The Bertz CT molecular complexity index is 822. The predicted molar refractivity (Wildman–Crippen MR) is 92.7 cm³/mol. The third-order valence-corrected chi connectivity index (χ3v) is 5.22. The van der Waals surface area contributed by atoms with Crippen molar-refractivity contribution in [2.75, 3.05) is 23.4 Å². The summed E-state index contributed by atoms with van der Waals surface area (Å²) in [6, 6.07) is 18.6. The van der Waals surface area contributed by atoms with Gasteiger partial charge in [-0.15, -0.1) is 11.3 Å². The molecule has 3 aromatic rings. The summed E-state index contributed by atoms with van der Waals surface area (Å²) in [5.41, 5.74) is 2.33. The number of benzene rings is 2. The zero-order valence-electron chi connectivity index (χ0n) is 12.3. The van der Waals surface area contributed by atoms with Crippen LogP contribution in [0.5, 0.6) is 0 Å². The summed E-state index contributed by atoms with van der Waals surface area (Å²) >= 11 is 1.68. The highest BCUT2D eigenvalue weighted by atomic mass is 32.1. The van der Waals surface area contributed by atoms with Gasteiger partial charge in [-0.05, 0) is 29.1 Å². The summed E-state index contributed by atoms with van der Waals surface area (Å²) in [4.78, 5) is 16.6. The maximum atomic E-state index is 12.7. The number of anilines is 2. The number of thiophene rings is 1. The first kappa shape index (κ1) is 13.3. The molecule has 0 saturated carbocycles. The highest BCUT2D eigenvalue weighted by molar-refractivity contribution is 7.23. The van der Waals surface area contributed by atoms with Gasteiger partial charge in [-0.25, -0.2) is 0 Å². The van der Waals surface area contributed by atoms with Gasteiger partial charge in [0.25, 0.3) is 0 Å². The first-order valence-corrected chi connectivity index (χ1v) is 8.12. The lowest BCUT2D eigenvalue weighted by Crippen LogP contribution is -2.35. The number of amides is 1. The van der Waals surface area contributed by atoms with Crippen LogP contribution in [0.1, 0.15) is 5.56 Å². The van der Waals surface area contributed by atoms with E-state index in [0.29, 0.717) is 13.1 Å². The van der Waals surface area contributed by atoms with Gasteiger partial charge in [-0.1, -0.05) is 36.4 Å². The Morgan fingerprint density at radius 3 is 2.64 bits per heavy atom. The molecule has 0 N–H and O–H groups in total. The van der Waals surface area contributed by atoms with Crippen molar-refractivity contribution in [2.24, 2.45) is 0 Å². The molecule has 4 heteroatoms. The quantitative estimate of drug-likeness (QED) is 0.681. The molecule has 22 heavy (non-hydrogen) atoms. The van der Waals surface area contributed by atoms with Crippen molar-refractivity contribution < 1.29 is 4.79 Å². The van der Waals surface area contributed by atoms with E-state index in [1.54, 1.807) is 11.3 Å². The van der Waals surface area contributed by atoms with Gasteiger partial charge in [0.05, 0.1) is 18.1 Å². The molecule has 0 atom stereocenters. The summed E-state index contributed by atoms with van der Waals surface area (Å²) in [7, 11) is 1.98. The third kappa shape index (κ3) is 2.16. The van der Waals surface area contributed by atoms with Crippen molar-refractivity contribution in [1.29, 1.82) is 0 Å². The van der Waals surface area contributed by atoms with Crippen LogP contribution in [0, 0.1) is 0 Å². The second kappa shape index (κ2) is 5.14. The molecule has 110 valence electrons. The van der Waals surface area contributed by atoms with Crippen molar-refractivity contribution in [1.82, 2.24) is 0 Å². The number of nitrogens with zero attached hydrogens (tertiary/aromatic N) is 2. The minimum Gasteiger partial charge on any atom is -0.365 e. The normalized spacial score (nSPS) is 15.0. The average molecular weight is 308 g/mol. The summed E-state index contributed by atoms with van der Waals surface area (Å²) < 4.78 is 1.22. The molecule has 2 aromatic carbocycles. The van der Waals surface area contributed by atoms with E-state index in [2.05, 4.69) is 30.3 Å². The van der Waals surface area contributed by atoms with Gasteiger partial charge < -0.3 is 4.90 Å². The predicted octanol–water partition coefficient (Wildman–Crippen LogP) is 3.88. The van der Waals surface area contributed by atoms with Gasteiger partial charge in [0.2, 0.25) is 5.91 Å². The Hall–Kier alpha value is -2.33. The fraction of sp³-hybridized carbons (Fsp3) is 0.167. The Balaban J connectivity index is 1.79. The van der Waals surface area contributed by atoms with Crippen molar-refractivity contribution in [3.8, 4) is 0 Å². The Labute approximate surface area is 133 Å². The molecule has 2 heterocycles. The van der Waals surface area contributed by atoms with E-state index >= 15 is 0 Å². The molecule has 1 aliphatic rings. The first-order valence-electron chi connectivity index (χ1n) is 7.30. The number of fused-ring (bicyclic) bond motifs is 2. The van der Waals surface area contributed by atoms with Gasteiger partial charge in [-0.2, -0.15) is 0 Å². The lowest BCUT2D eigenvalue weighted by Gasteiger charge is -2.19. The molecule has 4 rings (SSSR count). The molecule has 0 aliphatic carbocycles. The molecule has 0 saturated heterocycles. The van der Waals surface area contributed by atoms with E-state index < -0.39 is 0 Å². The monoisotopic (exact) mass is 308 g/mol. The summed E-state index contributed by atoms with van der Waals surface area (Å²) in [6.45, 7) is 1.04. The molecular formula is C18H16N2OS. The van der Waals surface area contributed by atoms with Gasteiger partial charge in [0.1, 0.15) is 0 Å². The van der Waals surface area contributed by atoms with Crippen LogP contribution in [-0.4, -0.2) is 19.5 Å². The minimum absolute atomic E-state index is 0.144. The summed E-state index contributed by atoms with van der Waals surface area (Å²) in [6.07, 6.45) is 0. The van der Waals surface area contributed by atoms with Gasteiger partial charge in [0, 0.05) is 17.4 Å². The molecule has 0 spiro atoms. The third-order valence-electron chi connectivity index (χ3n) is 4.08. The molecular weight excluding hydrogens is 292 g/mol. The van der Waals surface area contributed by atoms with Crippen LogP contribution in [-0.2, 0) is 11.3 Å². The van der Waals surface area contributed by atoms with Crippen molar-refractivity contribution in [3.63, 3.8) is 0 Å². The topological polar surface area (TPSA) is 23.6 Å². The molecule has 0 unspecified atom stereocenters. The van der Waals surface area contributed by atoms with E-state index in [0.717, 1.165) is 10.7 Å². The smallest absolute Gasteiger partial charge is 0.247 e. The number of rotatable bonds is 1. The van der Waals surface area contributed by atoms with E-state index in [1.807, 2.05) is 41.1 Å². The van der Waals surface area contributed by atoms with Crippen molar-refractivity contribution in [2.45, 2.75) is 6.54 Å². The van der Waals surface area contributed by atoms with E-state index in [1.165, 1.54) is 15.6 Å². The highest BCUT2D eigenvalue weighted by Crippen LogP contribution is 2.35. The van der Waals surface area contributed by atoms with E-state index in [-0.39, 0.29) is 5.91 Å². The fourth-order valence-electron chi connectivity index (χ4n) is 2.95. The second-order valence-corrected chi connectivity index (χ2v) is 6.65. The van der Waals surface area contributed by atoms with Crippen LogP contribution < -0.4 is 9.80 Å². The standard InChI is InChI=1S/C18H16N2OS/c1-19-12-17(21)20(11-14-7-2-4-8-15(14)19)18-10-13-6-3-5-9-16(13)22-18/h2-10H,11-12H2,1H3. The number of carbonyl (C=O) groups excluding carboxylic acids is 1. The van der Waals surface area contributed by atoms with Gasteiger partial charge in [0.15, 0.2) is 0 Å². The largest absolute Gasteiger partial charge is 0.365 e. The van der Waals surface area contributed by atoms with Gasteiger partial charge in [-0.3, -0.25) is 9.69 Å². The average Bonchev–Trinajstić information content (AvgIpc) is 2.91. The lowest BCUT2D eigenvalue weighted by molar-refractivity contribution is -0.117. The van der Waals surface area contributed by atoms with Crippen molar-refractivity contribution in [3.05, 3.63) is 60.2 Å². The Morgan fingerprint density at radius 2 is 1.77 bits per heavy atom. The molecule has 0 radical (unpaired) electrons. The van der Waals surface area contributed by atoms with Crippen LogP contribution in [0.2, 0.25) is 0 Å². The van der Waals surface area contributed by atoms with Crippen LogP contribution in [0.4, 0.5) is 10.7 Å². The number of para-hydroxylation sites is 1. The van der Waals surface area contributed by atoms with Crippen molar-refractivity contribution >= 4 is 38.0 Å². The highest BCUT2D eigenvalue weighted by Gasteiger charge is 2.25. The second-order valence-electron chi connectivity index (χ2n) is 5.59. The van der Waals surface area contributed by atoms with Crippen LogP contribution >= 0.6 is 11.3 Å². The summed E-state index contributed by atoms with van der Waals surface area (Å²) in [5.74, 6) is 0.144. The lowest BCUT2D eigenvalue weighted by atomic mass is 10.1. The number of hydrogen-bond donors (Lipinski definition) is 0. The molecule has 1 aliphatic heterocycles. The SMILES string of the molecule is CN1CC(=O)N(c2cc3ccccc3s2)Cc2ccccc21. The summed E-state index contributed by atoms with van der Waals surface area (Å²) in [5, 5.41) is 2.22. The molecule has 0 bridgehead atoms. The molecule has 1 aromatic heterocycles. The molecule has 3 nitrogen and oxygen atoms in total. The fourth-order valence-corrected chi connectivity index (χ4v) is 4.03. The first-order chi connectivity index (χ1) is 10.7. The Kier molecular flexibility index (Phi) is 3.12. The maximum Gasteiger partial charge on any atom is 0.247 e. The number of hydrogen-bond acceptors (Lipinski definition) is 3. The van der Waals surface area contributed by atoms with Gasteiger partial charge >= 0.3 is 0 Å². The van der Waals surface area contributed by atoms with E-state index in [4.69, 9.17) is 0 Å². The Morgan fingerprint density at radius 1 is 1.00 bits per heavy atom. The van der Waals surface area contributed by atoms with Crippen LogP contribution in [0.3, 0.4) is 0 Å². The van der Waals surface area contributed by atoms with Crippen LogP contribution in [0.25, 0.3) is 10.1 Å². The number of likely N-dealkylation sites (N-methyl/N-ethyl adjacent to an activating group) is 1. The van der Waals surface area contributed by atoms with E-state index in [9.17, 15) is 4.79 Å². The molecule has 0 fully saturated rings. The zero-order valence-corrected chi connectivity index (χ0v) is 13.1. The number of carbonyl (C=O) groups is 1. The zero-order chi connectivity index (χ0) is 15.1. The van der Waals surface area contributed by atoms with Crippen LogP contribution in [0.15, 0.2) is 54.6 Å². The maximum absolute atomic E-state index is 12.7. The molecule has 1 amide bonds. The minimum atomic E-state index is 0.144.